The highest BCUT2D eigenvalue weighted by atomic mass is 79.9. The standard InChI is InChI=1S/C21H13Br2ClN2O2S/c1-28-17-7-6-12(24)10-13(17)20(27)26-19-14(8-11(22)9-15(19)23)21-25-16-4-2-3-5-18(16)29-21/h2-10H,1H3,(H,26,27). The summed E-state index contributed by atoms with van der Waals surface area (Å²) in [5.41, 5.74) is 2.70. The van der Waals surface area contributed by atoms with Crippen molar-refractivity contribution in [2.45, 2.75) is 0 Å². The number of aromatic nitrogens is 1. The van der Waals surface area contributed by atoms with E-state index in [2.05, 4.69) is 37.2 Å². The number of methoxy groups -OCH3 is 1. The van der Waals surface area contributed by atoms with E-state index in [1.165, 1.54) is 7.11 Å². The number of amides is 1. The van der Waals surface area contributed by atoms with E-state index in [1.807, 2.05) is 36.4 Å². The number of nitrogens with zero attached hydrogens (tertiary/aromatic N) is 1. The molecule has 4 rings (SSSR count). The van der Waals surface area contributed by atoms with Crippen LogP contribution in [0.3, 0.4) is 0 Å². The van der Waals surface area contributed by atoms with Crippen LogP contribution < -0.4 is 10.1 Å². The number of carbonyl (C=O) groups is 1. The zero-order chi connectivity index (χ0) is 20.5. The van der Waals surface area contributed by atoms with Crippen molar-refractivity contribution in [2.24, 2.45) is 0 Å². The summed E-state index contributed by atoms with van der Waals surface area (Å²) in [7, 11) is 1.52. The van der Waals surface area contributed by atoms with Gasteiger partial charge in [0.15, 0.2) is 0 Å². The van der Waals surface area contributed by atoms with E-state index in [0.717, 1.165) is 29.7 Å². The van der Waals surface area contributed by atoms with Gasteiger partial charge < -0.3 is 10.1 Å². The summed E-state index contributed by atoms with van der Waals surface area (Å²) in [6.07, 6.45) is 0. The molecule has 4 aromatic rings. The molecule has 0 fully saturated rings. The van der Waals surface area contributed by atoms with Crippen molar-refractivity contribution in [1.82, 2.24) is 4.98 Å². The Kier molecular flexibility index (Phi) is 5.92. The number of hydrogen-bond acceptors (Lipinski definition) is 4. The molecule has 0 unspecified atom stereocenters. The second-order valence-corrected chi connectivity index (χ2v) is 9.33. The van der Waals surface area contributed by atoms with E-state index in [0.29, 0.717) is 22.0 Å². The van der Waals surface area contributed by atoms with E-state index in [4.69, 9.17) is 21.3 Å². The molecule has 0 aliphatic rings. The minimum Gasteiger partial charge on any atom is -0.496 e. The van der Waals surface area contributed by atoms with Crippen LogP contribution in [0.25, 0.3) is 20.8 Å². The minimum absolute atomic E-state index is 0.324. The molecule has 29 heavy (non-hydrogen) atoms. The number of fused-ring (bicyclic) bond motifs is 1. The fourth-order valence-corrected chi connectivity index (χ4v) is 5.38. The van der Waals surface area contributed by atoms with Crippen LogP contribution in [0.15, 0.2) is 63.5 Å². The number of ether oxygens (including phenoxy) is 1. The number of halogens is 3. The van der Waals surface area contributed by atoms with Crippen LogP contribution in [-0.2, 0) is 0 Å². The lowest BCUT2D eigenvalue weighted by atomic mass is 10.1. The molecule has 1 aromatic heterocycles. The quantitative estimate of drug-likeness (QED) is 0.287. The molecule has 0 spiro atoms. The predicted molar refractivity (Wildman–Crippen MR) is 126 cm³/mol. The lowest BCUT2D eigenvalue weighted by Gasteiger charge is -2.14. The molecule has 4 nitrogen and oxygen atoms in total. The summed E-state index contributed by atoms with van der Waals surface area (Å²) in [4.78, 5) is 17.8. The molecule has 146 valence electrons. The average molecular weight is 553 g/mol. The number of para-hydroxylation sites is 1. The summed E-state index contributed by atoms with van der Waals surface area (Å²) >= 11 is 14.7. The first-order valence-corrected chi connectivity index (χ1v) is 11.2. The highest BCUT2D eigenvalue weighted by Gasteiger charge is 2.19. The lowest BCUT2D eigenvalue weighted by molar-refractivity contribution is 0.102. The summed E-state index contributed by atoms with van der Waals surface area (Å²) in [5.74, 6) is 0.122. The van der Waals surface area contributed by atoms with Crippen molar-refractivity contribution in [1.29, 1.82) is 0 Å². The molecule has 1 N–H and O–H groups in total. The van der Waals surface area contributed by atoms with Gasteiger partial charge in [-0.1, -0.05) is 39.7 Å². The SMILES string of the molecule is COc1ccc(Cl)cc1C(=O)Nc1c(Br)cc(Br)cc1-c1nc2ccccc2s1. The molecule has 0 atom stereocenters. The maximum absolute atomic E-state index is 13.0. The Hall–Kier alpha value is -1.93. The fourth-order valence-electron chi connectivity index (χ4n) is 2.90. The molecule has 0 radical (unpaired) electrons. The number of nitrogens with one attached hydrogen (secondary N) is 1. The summed E-state index contributed by atoms with van der Waals surface area (Å²) in [5, 5.41) is 4.25. The van der Waals surface area contributed by atoms with E-state index in [-0.39, 0.29) is 5.91 Å². The normalized spacial score (nSPS) is 10.9. The van der Waals surface area contributed by atoms with Crippen LogP contribution in [0.5, 0.6) is 5.75 Å². The van der Waals surface area contributed by atoms with Gasteiger partial charge in [-0.25, -0.2) is 4.98 Å². The number of benzene rings is 3. The third kappa shape index (κ3) is 4.19. The Morgan fingerprint density at radius 1 is 1.14 bits per heavy atom. The van der Waals surface area contributed by atoms with E-state index in [9.17, 15) is 4.79 Å². The van der Waals surface area contributed by atoms with Crippen molar-refractivity contribution in [3.8, 4) is 16.3 Å². The van der Waals surface area contributed by atoms with Crippen LogP contribution in [0.2, 0.25) is 5.02 Å². The van der Waals surface area contributed by atoms with Gasteiger partial charge in [0.2, 0.25) is 0 Å². The van der Waals surface area contributed by atoms with Crippen LogP contribution >= 0.6 is 54.8 Å². The molecule has 0 bridgehead atoms. The van der Waals surface area contributed by atoms with Gasteiger partial charge >= 0.3 is 0 Å². The second-order valence-electron chi connectivity index (χ2n) is 6.10. The molecule has 0 aliphatic heterocycles. The largest absolute Gasteiger partial charge is 0.496 e. The molecular weight excluding hydrogens is 540 g/mol. The van der Waals surface area contributed by atoms with Crippen molar-refractivity contribution < 1.29 is 9.53 Å². The minimum atomic E-state index is -0.324. The highest BCUT2D eigenvalue weighted by Crippen LogP contribution is 2.41. The van der Waals surface area contributed by atoms with Crippen LogP contribution in [0.1, 0.15) is 10.4 Å². The average Bonchev–Trinajstić information content (AvgIpc) is 3.13. The number of anilines is 1. The Morgan fingerprint density at radius 3 is 2.69 bits per heavy atom. The molecule has 3 aromatic carbocycles. The van der Waals surface area contributed by atoms with E-state index >= 15 is 0 Å². The zero-order valence-corrected chi connectivity index (χ0v) is 19.7. The topological polar surface area (TPSA) is 51.2 Å². The van der Waals surface area contributed by atoms with Crippen LogP contribution in [0, 0.1) is 0 Å². The monoisotopic (exact) mass is 550 g/mol. The lowest BCUT2D eigenvalue weighted by Crippen LogP contribution is -2.14. The Balaban J connectivity index is 1.80. The van der Waals surface area contributed by atoms with Crippen molar-refractivity contribution in [2.75, 3.05) is 12.4 Å². The van der Waals surface area contributed by atoms with Gasteiger partial charge in [0.05, 0.1) is 28.6 Å². The number of carbonyl (C=O) groups excluding carboxylic acids is 1. The van der Waals surface area contributed by atoms with Gasteiger partial charge in [0.1, 0.15) is 10.8 Å². The van der Waals surface area contributed by atoms with Gasteiger partial charge in [-0.3, -0.25) is 4.79 Å². The van der Waals surface area contributed by atoms with Gasteiger partial charge in [-0.05, 0) is 58.4 Å². The molecule has 0 saturated carbocycles. The van der Waals surface area contributed by atoms with Gasteiger partial charge in [-0.15, -0.1) is 11.3 Å². The molecule has 8 heteroatoms. The predicted octanol–water partition coefficient (Wildman–Crippen LogP) is 7.40. The smallest absolute Gasteiger partial charge is 0.259 e. The first kappa shape index (κ1) is 20.3. The Bertz CT molecular complexity index is 1210. The van der Waals surface area contributed by atoms with Crippen molar-refractivity contribution in [3.63, 3.8) is 0 Å². The number of rotatable bonds is 4. The number of hydrogen-bond donors (Lipinski definition) is 1. The van der Waals surface area contributed by atoms with Crippen molar-refractivity contribution >= 4 is 76.6 Å². The third-order valence-electron chi connectivity index (χ3n) is 4.22. The summed E-state index contributed by atoms with van der Waals surface area (Å²) in [6.45, 7) is 0. The third-order valence-corrected chi connectivity index (χ3v) is 6.61. The van der Waals surface area contributed by atoms with Crippen molar-refractivity contribution in [3.05, 3.63) is 74.1 Å². The first-order valence-electron chi connectivity index (χ1n) is 8.46. The zero-order valence-electron chi connectivity index (χ0n) is 15.0. The van der Waals surface area contributed by atoms with Gasteiger partial charge in [0.25, 0.3) is 5.91 Å². The molecule has 1 amide bonds. The summed E-state index contributed by atoms with van der Waals surface area (Å²) < 4.78 is 7.99. The Morgan fingerprint density at radius 2 is 1.93 bits per heavy atom. The molecule has 0 aliphatic carbocycles. The van der Waals surface area contributed by atoms with Gasteiger partial charge in [0, 0.05) is 19.5 Å². The van der Waals surface area contributed by atoms with Crippen LogP contribution in [-0.4, -0.2) is 18.0 Å². The summed E-state index contributed by atoms with van der Waals surface area (Å²) in [6, 6.07) is 16.7. The second kappa shape index (κ2) is 8.44. The number of thiazole rings is 1. The molecule has 1 heterocycles. The van der Waals surface area contributed by atoms with Crippen LogP contribution in [0.4, 0.5) is 5.69 Å². The van der Waals surface area contributed by atoms with Gasteiger partial charge in [-0.2, -0.15) is 0 Å². The van der Waals surface area contributed by atoms with E-state index in [1.54, 1.807) is 29.5 Å². The highest BCUT2D eigenvalue weighted by molar-refractivity contribution is 9.11. The maximum atomic E-state index is 13.0. The maximum Gasteiger partial charge on any atom is 0.259 e. The fraction of sp³-hybridized carbons (Fsp3) is 0.0476. The van der Waals surface area contributed by atoms with E-state index < -0.39 is 0 Å². The first-order chi connectivity index (χ1) is 14.0. The molecular formula is C21H13Br2ClN2O2S. The Labute approximate surface area is 193 Å². The molecule has 0 saturated heterocycles.